The van der Waals surface area contributed by atoms with Gasteiger partial charge in [-0.15, -0.1) is 23.4 Å². The molecule has 34 heavy (non-hydrogen) atoms. The number of rotatable bonds is 9. The third kappa shape index (κ3) is 4.22. The van der Waals surface area contributed by atoms with E-state index >= 15 is 0 Å². The number of methoxy groups -OCH3 is 2. The van der Waals surface area contributed by atoms with Gasteiger partial charge in [0, 0.05) is 34.8 Å². The molecule has 0 amide bonds. The minimum absolute atomic E-state index is 0.442. The van der Waals surface area contributed by atoms with Gasteiger partial charge >= 0.3 is 0 Å². The first-order chi connectivity index (χ1) is 16.5. The zero-order valence-corrected chi connectivity index (χ0v) is 20.2. The first-order valence-corrected chi connectivity index (χ1v) is 11.1. The maximum absolute atomic E-state index is 6.69. The molecule has 0 radical (unpaired) electrons. The highest BCUT2D eigenvalue weighted by atomic mass is 35.5. The minimum atomic E-state index is 0.442. The van der Waals surface area contributed by atoms with Crippen molar-refractivity contribution in [3.8, 4) is 28.7 Å². The van der Waals surface area contributed by atoms with E-state index in [1.165, 1.54) is 0 Å². The second-order valence-electron chi connectivity index (χ2n) is 7.64. The van der Waals surface area contributed by atoms with E-state index in [0.29, 0.717) is 41.5 Å². The van der Waals surface area contributed by atoms with Crippen LogP contribution in [-0.2, 0) is 0 Å². The lowest BCUT2D eigenvalue weighted by Gasteiger charge is -2.20. The van der Waals surface area contributed by atoms with E-state index in [9.17, 15) is 0 Å². The van der Waals surface area contributed by atoms with Crippen molar-refractivity contribution in [1.82, 2.24) is 15.2 Å². The van der Waals surface area contributed by atoms with Crippen molar-refractivity contribution in [3.05, 3.63) is 78.5 Å². The van der Waals surface area contributed by atoms with Gasteiger partial charge in [-0.2, -0.15) is 4.98 Å². The first-order valence-electron chi connectivity index (χ1n) is 10.7. The highest BCUT2D eigenvalue weighted by molar-refractivity contribution is 6.33. The van der Waals surface area contributed by atoms with Crippen LogP contribution in [0.15, 0.2) is 67.8 Å². The molecular formula is C26H26ClN5O2. The molecule has 2 aromatic heterocycles. The molecule has 0 aliphatic heterocycles. The van der Waals surface area contributed by atoms with E-state index in [4.69, 9.17) is 26.1 Å². The largest absolute Gasteiger partial charge is 0.493 e. The van der Waals surface area contributed by atoms with Crippen LogP contribution in [0.5, 0.6) is 11.5 Å². The number of pyridine rings is 1. The zero-order valence-electron chi connectivity index (χ0n) is 19.5. The van der Waals surface area contributed by atoms with Crippen molar-refractivity contribution in [2.45, 2.75) is 6.92 Å². The van der Waals surface area contributed by atoms with Crippen LogP contribution < -0.4 is 23.9 Å². The number of fused-ring (bicyclic) bond motifs is 1. The average Bonchev–Trinajstić information content (AvgIpc) is 3.32. The Morgan fingerprint density at radius 3 is 2.35 bits per heavy atom. The third-order valence-electron chi connectivity index (χ3n) is 5.49. The van der Waals surface area contributed by atoms with Crippen molar-refractivity contribution in [2.75, 3.05) is 32.2 Å². The molecule has 0 bridgehead atoms. The standard InChI is InChI=1S/C26H26ClN5O2/c1-6-12-31(13-7-2)25-28-26(30-29-25)32-17(3)14-18-15-22(33-4)23(34-5)16-20(18)24(32)19-10-8-9-11-21(19)27/h6-11,14-16H,1-2,12-13H2,3-5H3. The minimum Gasteiger partial charge on any atom is -0.493 e. The van der Waals surface area contributed by atoms with Gasteiger partial charge in [0.2, 0.25) is 5.95 Å². The van der Waals surface area contributed by atoms with Crippen LogP contribution >= 0.6 is 11.6 Å². The maximum atomic E-state index is 6.69. The SMILES string of the molecule is C=CCN(CC=C)c1nnc(-[n+]2c(C)cc3cc(OC)c(OC)cc3c2-c2ccccc2Cl)[n-]1. The highest BCUT2D eigenvalue weighted by Crippen LogP contribution is 2.38. The molecule has 0 atom stereocenters. The molecule has 0 unspecified atom stereocenters. The van der Waals surface area contributed by atoms with Crippen molar-refractivity contribution >= 4 is 28.3 Å². The molecule has 174 valence electrons. The summed E-state index contributed by atoms with van der Waals surface area (Å²) in [6, 6.07) is 13.6. The Bertz CT molecular complexity index is 1360. The van der Waals surface area contributed by atoms with Crippen LogP contribution in [0.3, 0.4) is 0 Å². The number of hydrogen-bond donors (Lipinski definition) is 0. The van der Waals surface area contributed by atoms with Crippen LogP contribution in [0, 0.1) is 6.92 Å². The van der Waals surface area contributed by atoms with Crippen molar-refractivity contribution in [1.29, 1.82) is 0 Å². The van der Waals surface area contributed by atoms with Crippen molar-refractivity contribution in [3.63, 3.8) is 0 Å². The summed E-state index contributed by atoms with van der Waals surface area (Å²) >= 11 is 6.69. The summed E-state index contributed by atoms with van der Waals surface area (Å²) in [6.45, 7) is 10.8. The molecule has 8 heteroatoms. The van der Waals surface area contributed by atoms with E-state index in [-0.39, 0.29) is 0 Å². The normalized spacial score (nSPS) is 10.8. The number of nitrogens with zero attached hydrogens (tertiary/aromatic N) is 5. The van der Waals surface area contributed by atoms with E-state index in [0.717, 1.165) is 27.7 Å². The summed E-state index contributed by atoms with van der Waals surface area (Å²) < 4.78 is 13.1. The molecule has 0 saturated heterocycles. The van der Waals surface area contributed by atoms with Crippen molar-refractivity contribution in [2.24, 2.45) is 0 Å². The topological polar surface area (TPSA) is 65.5 Å². The van der Waals surface area contributed by atoms with Gasteiger partial charge in [-0.3, -0.25) is 4.57 Å². The van der Waals surface area contributed by atoms with Crippen LogP contribution in [0.4, 0.5) is 5.95 Å². The monoisotopic (exact) mass is 475 g/mol. The van der Waals surface area contributed by atoms with E-state index in [2.05, 4.69) is 29.4 Å². The molecule has 0 fully saturated rings. The Kier molecular flexibility index (Phi) is 6.84. The highest BCUT2D eigenvalue weighted by Gasteiger charge is 2.21. The van der Waals surface area contributed by atoms with Gasteiger partial charge in [-0.05, 0) is 36.6 Å². The Balaban J connectivity index is 2.03. The average molecular weight is 476 g/mol. The van der Waals surface area contributed by atoms with E-state index in [1.807, 2.05) is 52.8 Å². The Morgan fingerprint density at radius 2 is 1.71 bits per heavy atom. The predicted molar refractivity (Wildman–Crippen MR) is 135 cm³/mol. The van der Waals surface area contributed by atoms with Crippen molar-refractivity contribution < 1.29 is 14.0 Å². The van der Waals surface area contributed by atoms with Crippen LogP contribution in [-0.4, -0.2) is 37.5 Å². The summed E-state index contributed by atoms with van der Waals surface area (Å²) in [5.41, 5.74) is 2.58. The fraction of sp³-hybridized carbons (Fsp3) is 0.192. The number of aryl methyl sites for hydroxylation is 1. The van der Waals surface area contributed by atoms with Crippen LogP contribution in [0.1, 0.15) is 5.69 Å². The Hall–Kier alpha value is -3.84. The lowest BCUT2D eigenvalue weighted by atomic mass is 10.0. The first kappa shape index (κ1) is 23.3. The van der Waals surface area contributed by atoms with Crippen LogP contribution in [0.25, 0.3) is 28.0 Å². The predicted octanol–water partition coefficient (Wildman–Crippen LogP) is 4.69. The molecular weight excluding hydrogens is 450 g/mol. The number of anilines is 1. The quantitative estimate of drug-likeness (QED) is 0.258. The van der Waals surface area contributed by atoms with Crippen LogP contribution in [0.2, 0.25) is 5.02 Å². The molecule has 0 spiro atoms. The second-order valence-corrected chi connectivity index (χ2v) is 8.05. The van der Waals surface area contributed by atoms with E-state index in [1.54, 1.807) is 26.4 Å². The fourth-order valence-corrected chi connectivity index (χ4v) is 4.21. The number of hydrogen-bond acceptors (Lipinski definition) is 5. The molecule has 4 aromatic rings. The summed E-state index contributed by atoms with van der Waals surface area (Å²) in [6.07, 6.45) is 3.59. The van der Waals surface area contributed by atoms with Gasteiger partial charge in [0.15, 0.2) is 11.5 Å². The van der Waals surface area contributed by atoms with Gasteiger partial charge in [0.25, 0.3) is 5.95 Å². The van der Waals surface area contributed by atoms with Gasteiger partial charge in [0.1, 0.15) is 0 Å². The third-order valence-corrected chi connectivity index (χ3v) is 5.82. The lowest BCUT2D eigenvalue weighted by molar-refractivity contribution is -0.597. The zero-order chi connectivity index (χ0) is 24.2. The lowest BCUT2D eigenvalue weighted by Crippen LogP contribution is -2.39. The molecule has 0 N–H and O–H groups in total. The van der Waals surface area contributed by atoms with Gasteiger partial charge in [0.05, 0.1) is 19.9 Å². The van der Waals surface area contributed by atoms with Gasteiger partial charge in [-0.25, -0.2) is 0 Å². The Morgan fingerprint density at radius 1 is 1.03 bits per heavy atom. The number of benzene rings is 2. The fourth-order valence-electron chi connectivity index (χ4n) is 3.98. The number of ether oxygens (including phenoxy) is 2. The Labute approximate surface area is 203 Å². The summed E-state index contributed by atoms with van der Waals surface area (Å²) in [5, 5.41) is 11.3. The number of halogens is 1. The molecule has 4 rings (SSSR count). The number of aromatic nitrogens is 4. The smallest absolute Gasteiger partial charge is 0.257 e. The van der Waals surface area contributed by atoms with Gasteiger partial charge < -0.3 is 14.4 Å². The van der Waals surface area contributed by atoms with Gasteiger partial charge in [-0.1, -0.05) is 42.0 Å². The summed E-state index contributed by atoms with van der Waals surface area (Å²) in [5.74, 6) is 2.20. The maximum Gasteiger partial charge on any atom is 0.257 e. The van der Waals surface area contributed by atoms with E-state index < -0.39 is 0 Å². The molecule has 0 aliphatic carbocycles. The molecule has 2 aromatic carbocycles. The molecule has 7 nitrogen and oxygen atoms in total. The molecule has 0 aliphatic rings. The molecule has 0 saturated carbocycles. The summed E-state index contributed by atoms with van der Waals surface area (Å²) in [4.78, 5) is 6.69. The molecule has 2 heterocycles. The second kappa shape index (κ2) is 9.97. The summed E-state index contributed by atoms with van der Waals surface area (Å²) in [7, 11) is 3.24.